The van der Waals surface area contributed by atoms with Gasteiger partial charge in [-0.25, -0.2) is 19.5 Å². The van der Waals surface area contributed by atoms with Gasteiger partial charge in [-0.3, -0.25) is 18.1 Å². The molecule has 1 saturated heterocycles. The van der Waals surface area contributed by atoms with Gasteiger partial charge in [-0.05, 0) is 0 Å². The van der Waals surface area contributed by atoms with Crippen molar-refractivity contribution < 1.29 is 33.1 Å². The molecular formula is C12H18N5O7P. The molecule has 13 heteroatoms. The Balaban J connectivity index is 1.80. The van der Waals surface area contributed by atoms with Crippen LogP contribution >= 0.6 is 7.82 Å². The lowest BCUT2D eigenvalue weighted by Gasteiger charge is -2.18. The highest BCUT2D eigenvalue weighted by molar-refractivity contribution is 7.48. The number of nitrogen functional groups attached to an aromatic ring is 1. The Bertz CT molecular complexity index is 793. The normalized spacial score (nSPS) is 27.2. The molecule has 3 heterocycles. The minimum atomic E-state index is -3.73. The lowest BCUT2D eigenvalue weighted by molar-refractivity contribution is -0.0514. The van der Waals surface area contributed by atoms with Gasteiger partial charge in [0.25, 0.3) is 0 Å². The fraction of sp³-hybridized carbons (Fsp3) is 0.583. The van der Waals surface area contributed by atoms with Crippen molar-refractivity contribution in [2.75, 3.05) is 26.6 Å². The van der Waals surface area contributed by atoms with E-state index in [1.165, 1.54) is 17.2 Å². The van der Waals surface area contributed by atoms with Crippen LogP contribution in [0.3, 0.4) is 0 Å². The number of ether oxygens (including phenoxy) is 1. The summed E-state index contributed by atoms with van der Waals surface area (Å²) in [5.41, 5.74) is 6.41. The number of phosphoric acid groups is 1. The minimum Gasteiger partial charge on any atom is -0.387 e. The van der Waals surface area contributed by atoms with Crippen LogP contribution in [0.25, 0.3) is 11.2 Å². The molecule has 4 N–H and O–H groups in total. The van der Waals surface area contributed by atoms with Crippen molar-refractivity contribution in [2.24, 2.45) is 0 Å². The van der Waals surface area contributed by atoms with Crippen molar-refractivity contribution in [2.45, 2.75) is 24.5 Å². The monoisotopic (exact) mass is 375 g/mol. The summed E-state index contributed by atoms with van der Waals surface area (Å²) in [6, 6.07) is 0. The molecule has 0 bridgehead atoms. The maximum atomic E-state index is 11.9. The Hall–Kier alpha value is -1.66. The second-order valence-electron chi connectivity index (χ2n) is 5.24. The Kier molecular flexibility index (Phi) is 5.02. The van der Waals surface area contributed by atoms with E-state index in [4.69, 9.17) is 15.0 Å². The number of anilines is 1. The second kappa shape index (κ2) is 6.92. The summed E-state index contributed by atoms with van der Waals surface area (Å²) in [5.74, 6) is 0.179. The fourth-order valence-electron chi connectivity index (χ4n) is 2.50. The van der Waals surface area contributed by atoms with Crippen LogP contribution in [0.4, 0.5) is 5.82 Å². The smallest absolute Gasteiger partial charge is 0.387 e. The zero-order valence-corrected chi connectivity index (χ0v) is 14.3. The molecular weight excluding hydrogens is 357 g/mol. The van der Waals surface area contributed by atoms with E-state index in [1.54, 1.807) is 0 Å². The maximum Gasteiger partial charge on any atom is 0.474 e. The molecule has 0 aliphatic carbocycles. The van der Waals surface area contributed by atoms with Gasteiger partial charge in [-0.15, -0.1) is 0 Å². The topological polar surface area (TPSA) is 164 Å². The van der Waals surface area contributed by atoms with Crippen LogP contribution in [0.5, 0.6) is 0 Å². The number of hydrogen-bond donors (Lipinski definition) is 3. The Labute approximate surface area is 142 Å². The first-order valence-electron chi connectivity index (χ1n) is 7.21. The van der Waals surface area contributed by atoms with Gasteiger partial charge in [0.15, 0.2) is 17.7 Å². The molecule has 0 spiro atoms. The lowest BCUT2D eigenvalue weighted by atomic mass is 10.1. The van der Waals surface area contributed by atoms with Gasteiger partial charge in [-0.1, -0.05) is 0 Å². The summed E-state index contributed by atoms with van der Waals surface area (Å²) in [6.45, 7) is -0.322. The summed E-state index contributed by atoms with van der Waals surface area (Å²) in [4.78, 5) is 12.0. The predicted molar refractivity (Wildman–Crippen MR) is 83.2 cm³/mol. The van der Waals surface area contributed by atoms with Gasteiger partial charge in [0.2, 0.25) is 0 Å². The van der Waals surface area contributed by atoms with E-state index in [9.17, 15) is 14.8 Å². The SMILES string of the molecule is COP(=O)(OC)OC[C@@H]1O[C@@H](n2cnc3c(N)ncnc32)[C@@H](O)[C@H]1O. The molecule has 3 rings (SSSR count). The number of nitrogens with two attached hydrogens (primary N) is 1. The molecule has 25 heavy (non-hydrogen) atoms. The van der Waals surface area contributed by atoms with Crippen LogP contribution in [0.1, 0.15) is 6.23 Å². The molecule has 1 aliphatic rings. The largest absolute Gasteiger partial charge is 0.474 e. The number of phosphoric ester groups is 1. The third kappa shape index (κ3) is 3.25. The number of fused-ring (bicyclic) bond motifs is 1. The summed E-state index contributed by atoms with van der Waals surface area (Å²) in [7, 11) is -1.41. The summed E-state index contributed by atoms with van der Waals surface area (Å²) < 4.78 is 33.3. The Morgan fingerprint density at radius 3 is 2.68 bits per heavy atom. The summed E-state index contributed by atoms with van der Waals surface area (Å²) in [6.07, 6.45) is -1.95. The number of rotatable bonds is 6. The maximum absolute atomic E-state index is 11.9. The minimum absolute atomic E-state index is 0.179. The summed E-state index contributed by atoms with van der Waals surface area (Å²) >= 11 is 0. The van der Waals surface area contributed by atoms with Gasteiger partial charge in [-0.2, -0.15) is 0 Å². The molecule has 0 unspecified atom stereocenters. The predicted octanol–water partition coefficient (Wildman–Crippen LogP) is -0.555. The van der Waals surface area contributed by atoms with Crippen molar-refractivity contribution in [1.82, 2.24) is 19.5 Å². The number of aromatic nitrogens is 4. The lowest BCUT2D eigenvalue weighted by Crippen LogP contribution is -2.33. The van der Waals surface area contributed by atoms with Gasteiger partial charge >= 0.3 is 7.82 Å². The molecule has 0 saturated carbocycles. The van der Waals surface area contributed by atoms with Crippen molar-refractivity contribution >= 4 is 24.8 Å². The molecule has 2 aromatic heterocycles. The molecule has 1 aliphatic heterocycles. The van der Waals surface area contributed by atoms with Crippen LogP contribution in [-0.2, 0) is 22.9 Å². The fourth-order valence-corrected chi connectivity index (χ4v) is 3.19. The first-order valence-corrected chi connectivity index (χ1v) is 8.67. The van der Waals surface area contributed by atoms with E-state index < -0.39 is 32.4 Å². The van der Waals surface area contributed by atoms with E-state index in [1.807, 2.05) is 0 Å². The van der Waals surface area contributed by atoms with E-state index in [2.05, 4.69) is 24.0 Å². The highest BCUT2D eigenvalue weighted by Gasteiger charge is 2.45. The van der Waals surface area contributed by atoms with Crippen LogP contribution in [0.15, 0.2) is 12.7 Å². The highest BCUT2D eigenvalue weighted by Crippen LogP contribution is 2.48. The van der Waals surface area contributed by atoms with E-state index >= 15 is 0 Å². The molecule has 4 atom stereocenters. The van der Waals surface area contributed by atoms with Crippen molar-refractivity contribution in [3.63, 3.8) is 0 Å². The number of hydrogen-bond acceptors (Lipinski definition) is 11. The quantitative estimate of drug-likeness (QED) is 0.555. The van der Waals surface area contributed by atoms with Crippen molar-refractivity contribution in [3.8, 4) is 0 Å². The van der Waals surface area contributed by atoms with Crippen LogP contribution in [-0.4, -0.2) is 68.9 Å². The molecule has 1 fully saturated rings. The average Bonchev–Trinajstić information content (AvgIpc) is 3.16. The highest BCUT2D eigenvalue weighted by atomic mass is 31.2. The van der Waals surface area contributed by atoms with E-state index in [0.717, 1.165) is 14.2 Å². The van der Waals surface area contributed by atoms with E-state index in [-0.39, 0.29) is 12.4 Å². The van der Waals surface area contributed by atoms with Crippen molar-refractivity contribution in [3.05, 3.63) is 12.7 Å². The molecule has 2 aromatic rings. The summed E-state index contributed by atoms with van der Waals surface area (Å²) in [5, 5.41) is 20.5. The standard InChI is InChI=1S/C12H18N5O7P/c1-21-25(20,22-2)23-3-6-8(18)9(19)12(24-6)17-5-16-7-10(13)14-4-15-11(7)17/h4-6,8-9,12,18-19H,3H2,1-2H3,(H2,13,14,15)/t6-,8-,9-,12+/m0/s1. The zero-order chi connectivity index (χ0) is 18.2. The van der Waals surface area contributed by atoms with Crippen LogP contribution < -0.4 is 5.73 Å². The molecule has 0 radical (unpaired) electrons. The van der Waals surface area contributed by atoms with E-state index in [0.29, 0.717) is 11.2 Å². The first-order chi connectivity index (χ1) is 11.9. The zero-order valence-electron chi connectivity index (χ0n) is 13.4. The molecule has 0 amide bonds. The number of aliphatic hydroxyl groups is 2. The number of nitrogens with zero attached hydrogens (tertiary/aromatic N) is 4. The number of aliphatic hydroxyl groups excluding tert-OH is 2. The third-order valence-electron chi connectivity index (χ3n) is 3.84. The van der Waals surface area contributed by atoms with Gasteiger partial charge in [0, 0.05) is 14.2 Å². The first kappa shape index (κ1) is 18.1. The second-order valence-corrected chi connectivity index (χ2v) is 7.12. The molecule has 0 aromatic carbocycles. The number of imidazole rings is 1. The van der Waals surface area contributed by atoms with Gasteiger partial charge in [0.05, 0.1) is 12.9 Å². The molecule has 138 valence electrons. The van der Waals surface area contributed by atoms with Crippen LogP contribution in [0.2, 0.25) is 0 Å². The third-order valence-corrected chi connectivity index (χ3v) is 5.20. The Morgan fingerprint density at radius 2 is 2.00 bits per heavy atom. The molecule has 12 nitrogen and oxygen atoms in total. The Morgan fingerprint density at radius 1 is 1.28 bits per heavy atom. The van der Waals surface area contributed by atoms with Crippen molar-refractivity contribution in [1.29, 1.82) is 0 Å². The average molecular weight is 375 g/mol. The van der Waals surface area contributed by atoms with Gasteiger partial charge in [0.1, 0.15) is 30.2 Å². The van der Waals surface area contributed by atoms with Crippen LogP contribution in [0, 0.1) is 0 Å². The van der Waals surface area contributed by atoms with Gasteiger partial charge < -0.3 is 20.7 Å².